The van der Waals surface area contributed by atoms with Crippen LogP contribution in [0.3, 0.4) is 0 Å². The lowest BCUT2D eigenvalue weighted by Crippen LogP contribution is -2.47. The molecular weight excluding hydrogens is 368 g/mol. The lowest BCUT2D eigenvalue weighted by atomic mass is 9.89. The van der Waals surface area contributed by atoms with Crippen LogP contribution in [0, 0.1) is 0 Å². The van der Waals surface area contributed by atoms with Gasteiger partial charge in [0.2, 0.25) is 0 Å². The van der Waals surface area contributed by atoms with Crippen LogP contribution in [0.4, 0.5) is 4.79 Å². The molecule has 2 saturated heterocycles. The summed E-state index contributed by atoms with van der Waals surface area (Å²) in [5.41, 5.74) is 1.82. The molecular formula is C22H34N4O3. The van der Waals surface area contributed by atoms with Crippen molar-refractivity contribution in [3.05, 3.63) is 35.4 Å². The molecule has 160 valence electrons. The summed E-state index contributed by atoms with van der Waals surface area (Å²) in [5, 5.41) is 6.00. The number of morpholine rings is 1. The molecule has 3 rings (SSSR count). The number of carbonyl (C=O) groups excluding carboxylic acids is 2. The largest absolute Gasteiger partial charge is 0.379 e. The standard InChI is InChI=1S/C22H34N4O3/c1-17(2)24-22(28)26-9-4-7-20(16-26)18-5-3-6-19(15-18)21(27)23-8-10-25-11-13-29-14-12-25/h3,5-6,15,17,20H,4,7-14,16H2,1-2H3,(H,23,27)(H,24,28)/t20-/m0/s1. The number of likely N-dealkylation sites (tertiary alicyclic amines) is 1. The van der Waals surface area contributed by atoms with Crippen LogP contribution in [0.1, 0.15) is 48.5 Å². The molecule has 0 bridgehead atoms. The highest BCUT2D eigenvalue weighted by Gasteiger charge is 2.25. The van der Waals surface area contributed by atoms with E-state index in [0.717, 1.165) is 57.8 Å². The van der Waals surface area contributed by atoms with Gasteiger partial charge in [-0.1, -0.05) is 12.1 Å². The predicted molar refractivity (Wildman–Crippen MR) is 113 cm³/mol. The Morgan fingerprint density at radius 3 is 2.76 bits per heavy atom. The van der Waals surface area contributed by atoms with E-state index in [0.29, 0.717) is 18.7 Å². The average Bonchev–Trinajstić information content (AvgIpc) is 2.74. The van der Waals surface area contributed by atoms with E-state index >= 15 is 0 Å². The van der Waals surface area contributed by atoms with E-state index in [9.17, 15) is 9.59 Å². The van der Waals surface area contributed by atoms with Crippen LogP contribution in [0.2, 0.25) is 0 Å². The summed E-state index contributed by atoms with van der Waals surface area (Å²) in [7, 11) is 0. The average molecular weight is 403 g/mol. The first-order valence-corrected chi connectivity index (χ1v) is 10.8. The van der Waals surface area contributed by atoms with E-state index in [-0.39, 0.29) is 23.9 Å². The fourth-order valence-electron chi connectivity index (χ4n) is 3.96. The van der Waals surface area contributed by atoms with Crippen LogP contribution in [-0.4, -0.2) is 80.3 Å². The van der Waals surface area contributed by atoms with Gasteiger partial charge in [-0.25, -0.2) is 4.79 Å². The van der Waals surface area contributed by atoms with Crippen molar-refractivity contribution < 1.29 is 14.3 Å². The highest BCUT2D eigenvalue weighted by atomic mass is 16.5. The molecule has 2 aliphatic heterocycles. The van der Waals surface area contributed by atoms with Crippen molar-refractivity contribution in [3.8, 4) is 0 Å². The number of carbonyl (C=O) groups is 2. The topological polar surface area (TPSA) is 73.9 Å². The normalized spacial score (nSPS) is 20.5. The zero-order valence-electron chi connectivity index (χ0n) is 17.7. The minimum Gasteiger partial charge on any atom is -0.379 e. The zero-order chi connectivity index (χ0) is 20.6. The van der Waals surface area contributed by atoms with Gasteiger partial charge < -0.3 is 20.3 Å². The Morgan fingerprint density at radius 1 is 1.21 bits per heavy atom. The maximum Gasteiger partial charge on any atom is 0.317 e. The van der Waals surface area contributed by atoms with Crippen molar-refractivity contribution >= 4 is 11.9 Å². The number of benzene rings is 1. The van der Waals surface area contributed by atoms with E-state index in [1.807, 2.05) is 36.9 Å². The Balaban J connectivity index is 1.54. The molecule has 1 aromatic carbocycles. The van der Waals surface area contributed by atoms with Gasteiger partial charge in [0, 0.05) is 56.8 Å². The Morgan fingerprint density at radius 2 is 2.00 bits per heavy atom. The summed E-state index contributed by atoms with van der Waals surface area (Å²) < 4.78 is 5.35. The first-order chi connectivity index (χ1) is 14.0. The monoisotopic (exact) mass is 402 g/mol. The Labute approximate surface area is 173 Å². The molecule has 1 atom stereocenters. The molecule has 7 nitrogen and oxygen atoms in total. The van der Waals surface area contributed by atoms with Gasteiger partial charge in [0.15, 0.2) is 0 Å². The summed E-state index contributed by atoms with van der Waals surface area (Å²) in [6.45, 7) is 10.3. The lowest BCUT2D eigenvalue weighted by Gasteiger charge is -2.33. The van der Waals surface area contributed by atoms with Crippen molar-refractivity contribution in [1.82, 2.24) is 20.4 Å². The molecule has 3 amide bonds. The van der Waals surface area contributed by atoms with Crippen LogP contribution in [0.5, 0.6) is 0 Å². The first-order valence-electron chi connectivity index (χ1n) is 10.8. The maximum absolute atomic E-state index is 12.6. The maximum atomic E-state index is 12.6. The number of rotatable bonds is 6. The first kappa shape index (κ1) is 21.6. The van der Waals surface area contributed by atoms with E-state index < -0.39 is 0 Å². The molecule has 1 aromatic rings. The SMILES string of the molecule is CC(C)NC(=O)N1CCC[C@H](c2cccc(C(=O)NCCN3CCOCC3)c2)C1. The predicted octanol–water partition coefficient (Wildman–Crippen LogP) is 2.05. The second-order valence-electron chi connectivity index (χ2n) is 8.22. The van der Waals surface area contributed by atoms with E-state index in [4.69, 9.17) is 4.74 Å². The molecule has 2 aliphatic rings. The van der Waals surface area contributed by atoms with Crippen LogP contribution >= 0.6 is 0 Å². The molecule has 0 unspecified atom stereocenters. The number of hydrogen-bond acceptors (Lipinski definition) is 4. The van der Waals surface area contributed by atoms with Gasteiger partial charge in [-0.3, -0.25) is 9.69 Å². The van der Waals surface area contributed by atoms with Crippen LogP contribution in [0.15, 0.2) is 24.3 Å². The smallest absolute Gasteiger partial charge is 0.317 e. The van der Waals surface area contributed by atoms with Crippen molar-refractivity contribution in [2.75, 3.05) is 52.5 Å². The van der Waals surface area contributed by atoms with Gasteiger partial charge in [0.05, 0.1) is 13.2 Å². The molecule has 2 N–H and O–H groups in total. The number of hydrogen-bond donors (Lipinski definition) is 2. The lowest BCUT2D eigenvalue weighted by molar-refractivity contribution is 0.0383. The second-order valence-corrected chi connectivity index (χ2v) is 8.22. The summed E-state index contributed by atoms with van der Waals surface area (Å²) >= 11 is 0. The van der Waals surface area contributed by atoms with Gasteiger partial charge in [-0.2, -0.15) is 0 Å². The third-order valence-corrected chi connectivity index (χ3v) is 5.56. The molecule has 29 heavy (non-hydrogen) atoms. The highest BCUT2D eigenvalue weighted by molar-refractivity contribution is 5.94. The Kier molecular flexibility index (Phi) is 7.89. The third kappa shape index (κ3) is 6.44. The van der Waals surface area contributed by atoms with Crippen molar-refractivity contribution in [3.63, 3.8) is 0 Å². The summed E-state index contributed by atoms with van der Waals surface area (Å²) in [6, 6.07) is 7.99. The highest BCUT2D eigenvalue weighted by Crippen LogP contribution is 2.27. The molecule has 0 aliphatic carbocycles. The number of ether oxygens (including phenoxy) is 1. The molecule has 0 radical (unpaired) electrons. The number of piperidine rings is 1. The van der Waals surface area contributed by atoms with E-state index in [1.165, 1.54) is 0 Å². The van der Waals surface area contributed by atoms with Gasteiger partial charge >= 0.3 is 6.03 Å². The molecule has 2 fully saturated rings. The number of nitrogens with one attached hydrogen (secondary N) is 2. The minimum atomic E-state index is -0.0367. The molecule has 0 spiro atoms. The van der Waals surface area contributed by atoms with E-state index in [1.54, 1.807) is 0 Å². The van der Waals surface area contributed by atoms with Gasteiger partial charge in [0.25, 0.3) is 5.91 Å². The van der Waals surface area contributed by atoms with Crippen molar-refractivity contribution in [2.24, 2.45) is 0 Å². The zero-order valence-corrected chi connectivity index (χ0v) is 17.7. The molecule has 7 heteroatoms. The summed E-state index contributed by atoms with van der Waals surface area (Å²) in [5.74, 6) is 0.230. The number of urea groups is 1. The van der Waals surface area contributed by atoms with Crippen LogP contribution < -0.4 is 10.6 Å². The van der Waals surface area contributed by atoms with Crippen LogP contribution in [0.25, 0.3) is 0 Å². The van der Waals surface area contributed by atoms with Gasteiger partial charge in [0.1, 0.15) is 0 Å². The second kappa shape index (κ2) is 10.6. The van der Waals surface area contributed by atoms with Crippen LogP contribution in [-0.2, 0) is 4.74 Å². The number of nitrogens with zero attached hydrogens (tertiary/aromatic N) is 2. The molecule has 0 aromatic heterocycles. The van der Waals surface area contributed by atoms with Crippen molar-refractivity contribution in [1.29, 1.82) is 0 Å². The van der Waals surface area contributed by atoms with E-state index in [2.05, 4.69) is 21.6 Å². The summed E-state index contributed by atoms with van der Waals surface area (Å²) in [4.78, 5) is 29.1. The third-order valence-electron chi connectivity index (χ3n) is 5.56. The minimum absolute atomic E-state index is 0.00158. The Hall–Kier alpha value is -2.12. The van der Waals surface area contributed by atoms with Gasteiger partial charge in [-0.15, -0.1) is 0 Å². The fraction of sp³-hybridized carbons (Fsp3) is 0.636. The molecule has 0 saturated carbocycles. The molecule has 2 heterocycles. The quantitative estimate of drug-likeness (QED) is 0.764. The van der Waals surface area contributed by atoms with Crippen molar-refractivity contribution in [2.45, 2.75) is 38.6 Å². The number of amides is 3. The summed E-state index contributed by atoms with van der Waals surface area (Å²) in [6.07, 6.45) is 2.01. The van der Waals surface area contributed by atoms with Gasteiger partial charge in [-0.05, 0) is 44.4 Å². The Bertz CT molecular complexity index is 688. The fourth-order valence-corrected chi connectivity index (χ4v) is 3.96.